The number of oxazole rings is 1. The molecular formula is C13H13NO3. The molecule has 0 saturated heterocycles. The van der Waals surface area contributed by atoms with Gasteiger partial charge in [-0.05, 0) is 19.0 Å². The number of methoxy groups -OCH3 is 1. The normalized spacial score (nSPS) is 11.9. The lowest BCUT2D eigenvalue weighted by molar-refractivity contribution is -0.139. The fraction of sp³-hybridized carbons (Fsp3) is 0.231. The van der Waals surface area contributed by atoms with Crippen LogP contribution in [-0.2, 0) is 16.0 Å². The Morgan fingerprint density at radius 1 is 1.47 bits per heavy atom. The number of carbonyl (C=O) groups is 1. The average Bonchev–Trinajstić information content (AvgIpc) is 2.70. The third kappa shape index (κ3) is 2.53. The molecule has 2 aromatic rings. The van der Waals surface area contributed by atoms with Gasteiger partial charge in [-0.15, -0.1) is 0 Å². The minimum atomic E-state index is -0.409. The van der Waals surface area contributed by atoms with Crippen LogP contribution in [0.2, 0.25) is 0 Å². The van der Waals surface area contributed by atoms with Crippen LogP contribution in [0.15, 0.2) is 34.7 Å². The van der Waals surface area contributed by atoms with Gasteiger partial charge in [0.1, 0.15) is 5.76 Å². The molecular weight excluding hydrogens is 218 g/mol. The minimum absolute atomic E-state index is 0.0132. The Balaban J connectivity index is 2.42. The number of hydrogen-bond donors (Lipinski definition) is 0. The molecule has 0 amide bonds. The number of esters is 1. The molecule has 88 valence electrons. The number of benzene rings is 1. The van der Waals surface area contributed by atoms with Gasteiger partial charge in [0.2, 0.25) is 5.89 Å². The molecule has 0 spiro atoms. The fourth-order valence-electron chi connectivity index (χ4n) is 1.38. The summed E-state index contributed by atoms with van der Waals surface area (Å²) in [6, 6.07) is 5.08. The van der Waals surface area contributed by atoms with E-state index in [-0.39, 0.29) is 24.4 Å². The first kappa shape index (κ1) is 8.98. The lowest BCUT2D eigenvalue weighted by atomic mass is 10.2. The van der Waals surface area contributed by atoms with Crippen molar-refractivity contribution in [3.63, 3.8) is 0 Å². The largest absolute Gasteiger partial charge is 0.469 e. The first-order valence-corrected chi connectivity index (χ1v) is 5.12. The van der Waals surface area contributed by atoms with E-state index in [1.807, 2.05) is 0 Å². The molecule has 0 bridgehead atoms. The Morgan fingerprint density at radius 3 is 2.82 bits per heavy atom. The molecule has 1 heterocycles. The van der Waals surface area contributed by atoms with Crippen molar-refractivity contribution in [2.45, 2.75) is 13.3 Å². The standard InChI is InChI=1S/C13H13NO3/c1-9-11(8-12(15)16-2)14-13(17-9)10-6-4-3-5-7-10/h3-7H,8H2,1-2H3/i6D,7D. The predicted molar refractivity (Wildman–Crippen MR) is 62.4 cm³/mol. The van der Waals surface area contributed by atoms with Gasteiger partial charge in [0.25, 0.3) is 0 Å². The van der Waals surface area contributed by atoms with Crippen molar-refractivity contribution >= 4 is 5.97 Å². The van der Waals surface area contributed by atoms with Gasteiger partial charge in [-0.3, -0.25) is 4.79 Å². The number of rotatable bonds is 3. The third-order valence-corrected chi connectivity index (χ3v) is 2.29. The summed E-state index contributed by atoms with van der Waals surface area (Å²) < 4.78 is 25.6. The van der Waals surface area contributed by atoms with Crippen molar-refractivity contribution in [3.8, 4) is 11.5 Å². The van der Waals surface area contributed by atoms with Crippen LogP contribution in [0.1, 0.15) is 14.2 Å². The first-order valence-electron chi connectivity index (χ1n) is 6.12. The number of hydrogen-bond acceptors (Lipinski definition) is 4. The molecule has 0 atom stereocenters. The topological polar surface area (TPSA) is 52.3 Å². The highest BCUT2D eigenvalue weighted by atomic mass is 16.5. The number of aromatic nitrogens is 1. The van der Waals surface area contributed by atoms with Crippen molar-refractivity contribution in [1.82, 2.24) is 4.98 Å². The molecule has 4 heteroatoms. The molecule has 0 radical (unpaired) electrons. The number of nitrogens with zero attached hydrogens (tertiary/aromatic N) is 1. The van der Waals surface area contributed by atoms with Crippen LogP contribution in [0.25, 0.3) is 11.5 Å². The van der Waals surface area contributed by atoms with E-state index in [2.05, 4.69) is 9.72 Å². The summed E-state index contributed by atoms with van der Waals surface area (Å²) >= 11 is 0. The highest BCUT2D eigenvalue weighted by molar-refractivity contribution is 5.72. The zero-order chi connectivity index (χ0) is 14.0. The molecule has 0 saturated carbocycles. The Hall–Kier alpha value is -2.10. The van der Waals surface area contributed by atoms with Crippen molar-refractivity contribution in [2.75, 3.05) is 7.11 Å². The van der Waals surface area contributed by atoms with Crippen LogP contribution in [-0.4, -0.2) is 18.1 Å². The SMILES string of the molecule is [2H]c1cccc([2H])c1-c1nc(CC(=O)OC)c(C)o1. The highest BCUT2D eigenvalue weighted by Crippen LogP contribution is 2.21. The van der Waals surface area contributed by atoms with E-state index in [1.54, 1.807) is 25.1 Å². The molecule has 1 aromatic heterocycles. The predicted octanol–water partition coefficient (Wildman–Crippen LogP) is 2.37. The molecule has 0 aliphatic rings. The second-order valence-corrected chi connectivity index (χ2v) is 3.46. The van der Waals surface area contributed by atoms with E-state index < -0.39 is 5.97 Å². The zero-order valence-corrected chi connectivity index (χ0v) is 9.61. The highest BCUT2D eigenvalue weighted by Gasteiger charge is 2.14. The van der Waals surface area contributed by atoms with E-state index in [1.165, 1.54) is 7.11 Å². The van der Waals surface area contributed by atoms with Gasteiger partial charge in [0, 0.05) is 5.56 Å². The van der Waals surface area contributed by atoms with Gasteiger partial charge in [-0.1, -0.05) is 18.2 Å². The molecule has 0 unspecified atom stereocenters. The van der Waals surface area contributed by atoms with Gasteiger partial charge >= 0.3 is 5.97 Å². The fourth-order valence-corrected chi connectivity index (χ4v) is 1.38. The molecule has 0 N–H and O–H groups in total. The van der Waals surface area contributed by atoms with Crippen LogP contribution in [0.3, 0.4) is 0 Å². The second-order valence-electron chi connectivity index (χ2n) is 3.46. The Labute approximate surface area is 102 Å². The molecule has 1 aromatic carbocycles. The monoisotopic (exact) mass is 233 g/mol. The quantitative estimate of drug-likeness (QED) is 0.764. The molecule has 0 fully saturated rings. The molecule has 17 heavy (non-hydrogen) atoms. The van der Waals surface area contributed by atoms with Crippen molar-refractivity contribution < 1.29 is 16.7 Å². The van der Waals surface area contributed by atoms with Crippen LogP contribution < -0.4 is 0 Å². The van der Waals surface area contributed by atoms with Crippen LogP contribution in [0.5, 0.6) is 0 Å². The minimum Gasteiger partial charge on any atom is -0.469 e. The second kappa shape index (κ2) is 4.82. The van der Waals surface area contributed by atoms with Gasteiger partial charge in [0.15, 0.2) is 0 Å². The van der Waals surface area contributed by atoms with E-state index in [4.69, 9.17) is 7.16 Å². The summed E-state index contributed by atoms with van der Waals surface area (Å²) in [4.78, 5) is 15.4. The van der Waals surface area contributed by atoms with Gasteiger partial charge in [0.05, 0.1) is 22.0 Å². The molecule has 0 aliphatic heterocycles. The van der Waals surface area contributed by atoms with E-state index >= 15 is 0 Å². The van der Waals surface area contributed by atoms with Gasteiger partial charge in [-0.25, -0.2) is 4.98 Å². The smallest absolute Gasteiger partial charge is 0.311 e. The zero-order valence-electron chi connectivity index (χ0n) is 11.6. The maximum atomic E-state index is 11.2. The lowest BCUT2D eigenvalue weighted by Gasteiger charge is -1.94. The Morgan fingerprint density at radius 2 is 2.18 bits per heavy atom. The van der Waals surface area contributed by atoms with Crippen LogP contribution >= 0.6 is 0 Å². The summed E-state index contributed by atoms with van der Waals surface area (Å²) in [5.41, 5.74) is 0.784. The van der Waals surface area contributed by atoms with Crippen molar-refractivity contribution in [3.05, 3.63) is 41.7 Å². The summed E-state index contributed by atoms with van der Waals surface area (Å²) in [5.74, 6) is 0.267. The first-order chi connectivity index (χ1) is 9.02. The number of ether oxygens (including phenoxy) is 1. The maximum Gasteiger partial charge on any atom is 0.311 e. The lowest BCUT2D eigenvalue weighted by Crippen LogP contribution is -2.05. The van der Waals surface area contributed by atoms with Gasteiger partial charge < -0.3 is 9.15 Å². The van der Waals surface area contributed by atoms with Gasteiger partial charge in [-0.2, -0.15) is 0 Å². The van der Waals surface area contributed by atoms with Crippen LogP contribution in [0, 0.1) is 6.92 Å². The van der Waals surface area contributed by atoms with E-state index in [0.717, 1.165) is 0 Å². The Bertz CT molecular complexity index is 602. The molecule has 4 nitrogen and oxygen atoms in total. The third-order valence-electron chi connectivity index (χ3n) is 2.29. The molecule has 0 aliphatic carbocycles. The summed E-state index contributed by atoms with van der Waals surface area (Å²) in [7, 11) is 1.31. The maximum absolute atomic E-state index is 11.2. The summed E-state index contributed by atoms with van der Waals surface area (Å²) in [5, 5.41) is 0. The Kier molecular flexibility index (Phi) is 2.55. The number of aryl methyl sites for hydroxylation is 1. The van der Waals surface area contributed by atoms with E-state index in [9.17, 15) is 4.79 Å². The summed E-state index contributed by atoms with van der Waals surface area (Å²) in [6.07, 6.45) is 0.0132. The van der Waals surface area contributed by atoms with E-state index in [0.29, 0.717) is 17.0 Å². The van der Waals surface area contributed by atoms with Crippen molar-refractivity contribution in [1.29, 1.82) is 0 Å². The number of carbonyl (C=O) groups excluding carboxylic acids is 1. The van der Waals surface area contributed by atoms with Crippen molar-refractivity contribution in [2.24, 2.45) is 0 Å². The molecule has 2 rings (SSSR count). The summed E-state index contributed by atoms with van der Waals surface area (Å²) in [6.45, 7) is 1.69. The average molecular weight is 233 g/mol. The van der Waals surface area contributed by atoms with Crippen LogP contribution in [0.4, 0.5) is 0 Å².